The molecule has 0 aliphatic rings. The van der Waals surface area contributed by atoms with E-state index < -0.39 is 11.8 Å². The second-order valence-electron chi connectivity index (χ2n) is 5.41. The second kappa shape index (κ2) is 7.79. The fourth-order valence-corrected chi connectivity index (χ4v) is 2.35. The van der Waals surface area contributed by atoms with Gasteiger partial charge in [-0.25, -0.2) is 0 Å². The lowest BCUT2D eigenvalue weighted by Crippen LogP contribution is -2.36. The quantitative estimate of drug-likeness (QED) is 0.845. The van der Waals surface area contributed by atoms with E-state index in [-0.39, 0.29) is 0 Å². The molecule has 0 spiro atoms. The molecule has 0 aliphatic carbocycles. The molecule has 0 heterocycles. The highest BCUT2D eigenvalue weighted by molar-refractivity contribution is 6.40. The number of carbonyl (C=O) groups is 2. The number of hydrogen-bond donors (Lipinski definition) is 2. The van der Waals surface area contributed by atoms with Gasteiger partial charge in [0.2, 0.25) is 0 Å². The zero-order valence-corrected chi connectivity index (χ0v) is 13.9. The number of carbonyl (C=O) groups excluding carboxylic acids is 2. The molecule has 0 aromatic heterocycles. The Morgan fingerprint density at radius 3 is 2.57 bits per heavy atom. The first-order valence-corrected chi connectivity index (χ1v) is 7.74. The second-order valence-corrected chi connectivity index (χ2v) is 5.84. The molecular weight excluding hydrogens is 312 g/mol. The number of aryl methyl sites for hydroxylation is 2. The Morgan fingerprint density at radius 2 is 1.83 bits per heavy atom. The maximum absolute atomic E-state index is 11.9. The van der Waals surface area contributed by atoms with E-state index in [9.17, 15) is 9.59 Å². The third kappa shape index (κ3) is 5.11. The summed E-state index contributed by atoms with van der Waals surface area (Å²) in [6, 6.07) is 13.2. The van der Waals surface area contributed by atoms with Crippen LogP contribution in [0.15, 0.2) is 42.5 Å². The van der Waals surface area contributed by atoms with Crippen LogP contribution in [0.25, 0.3) is 0 Å². The lowest BCUT2D eigenvalue weighted by atomic mass is 10.1. The van der Waals surface area contributed by atoms with E-state index in [2.05, 4.69) is 16.7 Å². The Balaban J connectivity index is 1.85. The zero-order chi connectivity index (χ0) is 16.8. The van der Waals surface area contributed by atoms with Gasteiger partial charge < -0.3 is 10.6 Å². The number of anilines is 1. The van der Waals surface area contributed by atoms with Gasteiger partial charge in [-0.2, -0.15) is 0 Å². The van der Waals surface area contributed by atoms with Crippen molar-refractivity contribution in [3.63, 3.8) is 0 Å². The molecule has 0 unspecified atom stereocenters. The van der Waals surface area contributed by atoms with Crippen LogP contribution >= 0.6 is 11.6 Å². The summed E-state index contributed by atoms with van der Waals surface area (Å²) in [6.07, 6.45) is 0.677. The number of nitrogens with one attached hydrogen (secondary N) is 2. The summed E-state index contributed by atoms with van der Waals surface area (Å²) in [6.45, 7) is 4.26. The van der Waals surface area contributed by atoms with Crippen molar-refractivity contribution in [3.05, 3.63) is 64.2 Å². The predicted molar refractivity (Wildman–Crippen MR) is 92.7 cm³/mol. The SMILES string of the molecule is Cc1cccc(CCNC(=O)C(=O)Nc2cc(Cl)ccc2C)c1. The van der Waals surface area contributed by atoms with Crippen LogP contribution in [-0.4, -0.2) is 18.4 Å². The number of halogens is 1. The van der Waals surface area contributed by atoms with Crippen molar-refractivity contribution in [3.8, 4) is 0 Å². The van der Waals surface area contributed by atoms with Crippen LogP contribution in [0.1, 0.15) is 16.7 Å². The Kier molecular flexibility index (Phi) is 5.77. The maximum atomic E-state index is 11.9. The monoisotopic (exact) mass is 330 g/mol. The van der Waals surface area contributed by atoms with Gasteiger partial charge in [0.15, 0.2) is 0 Å². The molecule has 4 nitrogen and oxygen atoms in total. The van der Waals surface area contributed by atoms with Crippen LogP contribution in [0.5, 0.6) is 0 Å². The molecule has 0 saturated carbocycles. The van der Waals surface area contributed by atoms with E-state index >= 15 is 0 Å². The van der Waals surface area contributed by atoms with Gasteiger partial charge in [0, 0.05) is 17.3 Å². The number of rotatable bonds is 4. The van der Waals surface area contributed by atoms with Gasteiger partial charge in [-0.3, -0.25) is 9.59 Å². The van der Waals surface area contributed by atoms with E-state index in [0.29, 0.717) is 23.7 Å². The molecule has 0 bridgehead atoms. The summed E-state index contributed by atoms with van der Waals surface area (Å²) in [5.41, 5.74) is 3.67. The van der Waals surface area contributed by atoms with Crippen molar-refractivity contribution in [2.24, 2.45) is 0 Å². The molecule has 2 amide bonds. The van der Waals surface area contributed by atoms with Gasteiger partial charge in [0.25, 0.3) is 0 Å². The molecule has 0 fully saturated rings. The van der Waals surface area contributed by atoms with Crippen molar-refractivity contribution in [1.82, 2.24) is 5.32 Å². The summed E-state index contributed by atoms with van der Waals surface area (Å²) in [5.74, 6) is -1.35. The van der Waals surface area contributed by atoms with Crippen LogP contribution < -0.4 is 10.6 Å². The fraction of sp³-hybridized carbons (Fsp3) is 0.222. The van der Waals surface area contributed by atoms with Gasteiger partial charge in [-0.15, -0.1) is 0 Å². The van der Waals surface area contributed by atoms with Crippen molar-refractivity contribution >= 4 is 29.1 Å². The number of hydrogen-bond acceptors (Lipinski definition) is 2. The van der Waals surface area contributed by atoms with E-state index in [1.54, 1.807) is 18.2 Å². The van der Waals surface area contributed by atoms with Crippen molar-refractivity contribution < 1.29 is 9.59 Å². The van der Waals surface area contributed by atoms with Gasteiger partial charge in [0.1, 0.15) is 0 Å². The van der Waals surface area contributed by atoms with Crippen LogP contribution in [0.2, 0.25) is 5.02 Å². The highest BCUT2D eigenvalue weighted by Crippen LogP contribution is 2.19. The topological polar surface area (TPSA) is 58.2 Å². The van der Waals surface area contributed by atoms with Crippen LogP contribution in [0.3, 0.4) is 0 Å². The van der Waals surface area contributed by atoms with E-state index in [0.717, 1.165) is 11.1 Å². The molecular formula is C18H19ClN2O2. The number of amides is 2. The zero-order valence-electron chi connectivity index (χ0n) is 13.2. The van der Waals surface area contributed by atoms with Gasteiger partial charge >= 0.3 is 11.8 Å². The Bertz CT molecular complexity index is 729. The molecule has 2 aromatic rings. The molecule has 0 aliphatic heterocycles. The van der Waals surface area contributed by atoms with E-state index in [4.69, 9.17) is 11.6 Å². The normalized spacial score (nSPS) is 10.2. The average molecular weight is 331 g/mol. The van der Waals surface area contributed by atoms with Gasteiger partial charge in [-0.1, -0.05) is 47.5 Å². The number of benzene rings is 2. The Labute approximate surface area is 140 Å². The minimum Gasteiger partial charge on any atom is -0.347 e. The molecule has 120 valence electrons. The summed E-state index contributed by atoms with van der Waals surface area (Å²) in [4.78, 5) is 23.8. The standard InChI is InChI=1S/C18H19ClN2O2/c1-12-4-3-5-14(10-12)8-9-20-17(22)18(23)21-16-11-15(19)7-6-13(16)2/h3-7,10-11H,8-9H2,1-2H3,(H,20,22)(H,21,23). The minimum absolute atomic E-state index is 0.407. The van der Waals surface area contributed by atoms with Crippen molar-refractivity contribution in [2.45, 2.75) is 20.3 Å². The first kappa shape index (κ1) is 17.0. The first-order valence-electron chi connectivity index (χ1n) is 7.36. The van der Waals surface area contributed by atoms with Crippen LogP contribution in [-0.2, 0) is 16.0 Å². The Morgan fingerprint density at radius 1 is 1.04 bits per heavy atom. The van der Waals surface area contributed by atoms with Crippen LogP contribution in [0.4, 0.5) is 5.69 Å². The minimum atomic E-state index is -0.695. The first-order chi connectivity index (χ1) is 11.0. The highest BCUT2D eigenvalue weighted by Gasteiger charge is 2.14. The molecule has 2 aromatic carbocycles. The molecule has 0 saturated heterocycles. The lowest BCUT2D eigenvalue weighted by molar-refractivity contribution is -0.136. The molecule has 2 N–H and O–H groups in total. The molecule has 5 heteroatoms. The highest BCUT2D eigenvalue weighted by atomic mass is 35.5. The summed E-state index contributed by atoms with van der Waals surface area (Å²) >= 11 is 5.89. The third-order valence-electron chi connectivity index (χ3n) is 3.44. The molecule has 0 radical (unpaired) electrons. The average Bonchev–Trinajstić information content (AvgIpc) is 2.51. The van der Waals surface area contributed by atoms with Crippen molar-refractivity contribution in [2.75, 3.05) is 11.9 Å². The lowest BCUT2D eigenvalue weighted by Gasteiger charge is -2.09. The van der Waals surface area contributed by atoms with Crippen molar-refractivity contribution in [1.29, 1.82) is 0 Å². The molecule has 23 heavy (non-hydrogen) atoms. The maximum Gasteiger partial charge on any atom is 0.313 e. The van der Waals surface area contributed by atoms with E-state index in [1.165, 1.54) is 5.56 Å². The van der Waals surface area contributed by atoms with E-state index in [1.807, 2.05) is 32.0 Å². The third-order valence-corrected chi connectivity index (χ3v) is 3.67. The van der Waals surface area contributed by atoms with Crippen LogP contribution in [0, 0.1) is 13.8 Å². The largest absolute Gasteiger partial charge is 0.347 e. The molecule has 2 rings (SSSR count). The molecule has 0 atom stereocenters. The fourth-order valence-electron chi connectivity index (χ4n) is 2.18. The summed E-state index contributed by atoms with van der Waals surface area (Å²) in [5, 5.41) is 5.70. The van der Waals surface area contributed by atoms with Gasteiger partial charge in [0.05, 0.1) is 0 Å². The Hall–Kier alpha value is -2.33. The summed E-state index contributed by atoms with van der Waals surface area (Å²) in [7, 11) is 0. The van der Waals surface area contributed by atoms with Gasteiger partial charge in [-0.05, 0) is 43.5 Å². The smallest absolute Gasteiger partial charge is 0.313 e. The summed E-state index contributed by atoms with van der Waals surface area (Å²) < 4.78 is 0. The predicted octanol–water partition coefficient (Wildman–Crippen LogP) is 3.25.